The quantitative estimate of drug-likeness (QED) is 0.109. The number of oxazole rings is 1. The van der Waals surface area contributed by atoms with Crippen molar-refractivity contribution in [1.82, 2.24) is 20.2 Å². The summed E-state index contributed by atoms with van der Waals surface area (Å²) < 4.78 is 6.19. The maximum atomic E-state index is 13.0. The van der Waals surface area contributed by atoms with Crippen LogP contribution in [0.1, 0.15) is 46.4 Å². The molecule has 48 heavy (non-hydrogen) atoms. The Balaban J connectivity index is 1.24. The standard InChI is InChI=1S/C36H35Cl2N5O5/c1-21-24(26-8-5-9-28(32(26)38)41-34(45)29-12-11-22(19-40-29)18-39-13-15-44)6-4-7-25(21)35-42-30-17-23(16-27(37)33(30)48-35)20-43-14-3-2-10-31(43)36(46)47/h4-9,11-12,16-17,19,31,39,44H,2-3,10,13-15,18,20H2,1H3,(H,41,45)(H,46,47)/t31-/m0/s1. The molecule has 248 valence electrons. The van der Waals surface area contributed by atoms with E-state index in [-0.39, 0.29) is 12.3 Å². The van der Waals surface area contributed by atoms with Gasteiger partial charge in [-0.25, -0.2) is 4.98 Å². The van der Waals surface area contributed by atoms with Crippen molar-refractivity contribution < 1.29 is 24.2 Å². The molecule has 1 aliphatic heterocycles. The highest BCUT2D eigenvalue weighted by Crippen LogP contribution is 2.39. The number of hydrogen-bond donors (Lipinski definition) is 4. The average Bonchev–Trinajstić information content (AvgIpc) is 3.51. The van der Waals surface area contributed by atoms with E-state index in [0.29, 0.717) is 65.3 Å². The first-order chi connectivity index (χ1) is 23.2. The van der Waals surface area contributed by atoms with Crippen molar-refractivity contribution in [3.05, 3.63) is 99.3 Å². The second kappa shape index (κ2) is 14.8. The topological polar surface area (TPSA) is 141 Å². The van der Waals surface area contributed by atoms with E-state index in [4.69, 9.17) is 37.7 Å². The summed E-state index contributed by atoms with van der Waals surface area (Å²) in [6.45, 7) is 4.18. The monoisotopic (exact) mass is 687 g/mol. The van der Waals surface area contributed by atoms with E-state index >= 15 is 0 Å². The van der Waals surface area contributed by atoms with Crippen LogP contribution in [0.2, 0.25) is 10.0 Å². The van der Waals surface area contributed by atoms with E-state index in [0.717, 1.165) is 46.2 Å². The van der Waals surface area contributed by atoms with Crippen LogP contribution in [-0.2, 0) is 17.9 Å². The molecule has 3 heterocycles. The summed E-state index contributed by atoms with van der Waals surface area (Å²) in [6, 6.07) is 17.9. The number of likely N-dealkylation sites (tertiary alicyclic amines) is 1. The molecule has 0 spiro atoms. The highest BCUT2D eigenvalue weighted by Gasteiger charge is 2.29. The minimum atomic E-state index is -0.805. The molecule has 1 aliphatic rings. The number of piperidine rings is 1. The molecule has 3 aromatic carbocycles. The van der Waals surface area contributed by atoms with Crippen LogP contribution in [0, 0.1) is 6.92 Å². The molecule has 0 aliphatic carbocycles. The van der Waals surface area contributed by atoms with Crippen molar-refractivity contribution >= 4 is 51.9 Å². The molecule has 4 N–H and O–H groups in total. The van der Waals surface area contributed by atoms with Crippen LogP contribution in [0.4, 0.5) is 5.69 Å². The molecule has 0 saturated carbocycles. The second-order valence-corrected chi connectivity index (χ2v) is 12.6. The van der Waals surface area contributed by atoms with Gasteiger partial charge in [-0.05, 0) is 78.9 Å². The molecule has 10 nitrogen and oxygen atoms in total. The predicted octanol–water partition coefficient (Wildman–Crippen LogP) is 6.95. The van der Waals surface area contributed by atoms with Gasteiger partial charge in [0.05, 0.1) is 22.3 Å². The Morgan fingerprint density at radius 1 is 1.02 bits per heavy atom. The van der Waals surface area contributed by atoms with Gasteiger partial charge in [0, 0.05) is 37.0 Å². The lowest BCUT2D eigenvalue weighted by Gasteiger charge is -2.32. The Labute approximate surface area is 287 Å². The molecule has 0 bridgehead atoms. The summed E-state index contributed by atoms with van der Waals surface area (Å²) >= 11 is 13.6. The zero-order valence-corrected chi connectivity index (χ0v) is 27.8. The Morgan fingerprint density at radius 3 is 2.58 bits per heavy atom. The lowest BCUT2D eigenvalue weighted by molar-refractivity contribution is -0.144. The minimum Gasteiger partial charge on any atom is -0.480 e. The number of amides is 1. The van der Waals surface area contributed by atoms with Crippen LogP contribution in [0.3, 0.4) is 0 Å². The maximum Gasteiger partial charge on any atom is 0.320 e. The van der Waals surface area contributed by atoms with Gasteiger partial charge in [-0.15, -0.1) is 0 Å². The summed E-state index contributed by atoms with van der Waals surface area (Å²) in [5, 5.41) is 25.4. The van der Waals surface area contributed by atoms with E-state index in [1.807, 2.05) is 60.4 Å². The Kier molecular flexibility index (Phi) is 10.4. The number of anilines is 1. The summed E-state index contributed by atoms with van der Waals surface area (Å²) in [5.74, 6) is -0.803. The molecule has 0 unspecified atom stereocenters. The maximum absolute atomic E-state index is 13.0. The smallest absolute Gasteiger partial charge is 0.320 e. The van der Waals surface area contributed by atoms with E-state index in [1.165, 1.54) is 0 Å². The Bertz CT molecular complexity index is 1960. The minimum absolute atomic E-state index is 0.0438. The fourth-order valence-corrected chi connectivity index (χ4v) is 6.66. The van der Waals surface area contributed by atoms with Gasteiger partial charge in [0.25, 0.3) is 5.91 Å². The molecule has 0 radical (unpaired) electrons. The van der Waals surface area contributed by atoms with Crippen molar-refractivity contribution in [3.63, 3.8) is 0 Å². The zero-order valence-electron chi connectivity index (χ0n) is 26.3. The zero-order chi connectivity index (χ0) is 33.8. The van der Waals surface area contributed by atoms with Crippen LogP contribution in [0.5, 0.6) is 0 Å². The van der Waals surface area contributed by atoms with E-state index in [9.17, 15) is 14.7 Å². The number of carboxylic acid groups (broad SMARTS) is 1. The highest BCUT2D eigenvalue weighted by atomic mass is 35.5. The number of nitrogens with zero attached hydrogens (tertiary/aromatic N) is 3. The summed E-state index contributed by atoms with van der Waals surface area (Å²) in [6.07, 6.45) is 4.11. The lowest BCUT2D eigenvalue weighted by Crippen LogP contribution is -2.43. The van der Waals surface area contributed by atoms with Gasteiger partial charge in [-0.1, -0.05) is 60.0 Å². The van der Waals surface area contributed by atoms with Crippen molar-refractivity contribution in [1.29, 1.82) is 0 Å². The number of rotatable bonds is 11. The third-order valence-electron chi connectivity index (χ3n) is 8.57. The number of nitrogens with one attached hydrogen (secondary N) is 2. The first kappa shape index (κ1) is 33.6. The third-order valence-corrected chi connectivity index (χ3v) is 9.25. The summed E-state index contributed by atoms with van der Waals surface area (Å²) in [4.78, 5) is 35.9. The molecule has 6 rings (SSSR count). The van der Waals surface area contributed by atoms with Crippen LogP contribution in [-0.4, -0.2) is 62.7 Å². The van der Waals surface area contributed by atoms with E-state index in [1.54, 1.807) is 18.3 Å². The summed E-state index contributed by atoms with van der Waals surface area (Å²) in [5.41, 5.74) is 6.69. The molecule has 1 saturated heterocycles. The van der Waals surface area contributed by atoms with E-state index < -0.39 is 17.9 Å². The first-order valence-corrected chi connectivity index (χ1v) is 16.5. The van der Waals surface area contributed by atoms with Crippen LogP contribution >= 0.6 is 23.2 Å². The fraction of sp³-hybridized carbons (Fsp3) is 0.278. The van der Waals surface area contributed by atoms with Gasteiger partial charge in [-0.3, -0.25) is 19.5 Å². The molecule has 2 aromatic heterocycles. The van der Waals surface area contributed by atoms with Crippen LogP contribution in [0.25, 0.3) is 33.7 Å². The van der Waals surface area contributed by atoms with Gasteiger partial charge in [0.15, 0.2) is 5.58 Å². The number of hydrogen-bond acceptors (Lipinski definition) is 8. The number of pyridine rings is 1. The molecule has 1 fully saturated rings. The normalized spacial score (nSPS) is 15.1. The number of aromatic nitrogens is 2. The molecular weight excluding hydrogens is 653 g/mol. The average molecular weight is 689 g/mol. The van der Waals surface area contributed by atoms with Crippen molar-refractivity contribution in [2.24, 2.45) is 0 Å². The SMILES string of the molecule is Cc1c(-c2nc3cc(CN4CCCC[C@H]4C(=O)O)cc(Cl)c3o2)cccc1-c1cccc(NC(=O)c2ccc(CNCCO)cn2)c1Cl. The number of halogens is 2. The van der Waals surface area contributed by atoms with Gasteiger partial charge >= 0.3 is 5.97 Å². The number of fused-ring (bicyclic) bond motifs is 1. The predicted molar refractivity (Wildman–Crippen MR) is 186 cm³/mol. The number of benzene rings is 3. The molecule has 12 heteroatoms. The number of carbonyl (C=O) groups is 2. The van der Waals surface area contributed by atoms with Crippen molar-refractivity contribution in [2.45, 2.75) is 45.3 Å². The number of aliphatic hydroxyl groups excluding tert-OH is 1. The molecule has 1 amide bonds. The third kappa shape index (κ3) is 7.23. The Morgan fingerprint density at radius 2 is 1.81 bits per heavy atom. The lowest BCUT2D eigenvalue weighted by atomic mass is 9.96. The molecule has 5 aromatic rings. The second-order valence-electron chi connectivity index (χ2n) is 11.8. The van der Waals surface area contributed by atoms with Gasteiger partial charge in [0.2, 0.25) is 5.89 Å². The van der Waals surface area contributed by atoms with E-state index in [2.05, 4.69) is 15.6 Å². The largest absolute Gasteiger partial charge is 0.480 e. The molecule has 1 atom stereocenters. The Hall–Kier alpha value is -4.32. The fourth-order valence-electron chi connectivity index (χ4n) is 6.10. The van der Waals surface area contributed by atoms with Crippen molar-refractivity contribution in [2.75, 3.05) is 25.0 Å². The van der Waals surface area contributed by atoms with Gasteiger partial charge in [0.1, 0.15) is 17.3 Å². The molecular formula is C36H35Cl2N5O5. The first-order valence-electron chi connectivity index (χ1n) is 15.8. The number of carbonyl (C=O) groups excluding carboxylic acids is 1. The highest BCUT2D eigenvalue weighted by molar-refractivity contribution is 6.36. The number of aliphatic hydroxyl groups is 1. The number of carboxylic acids is 1. The van der Waals surface area contributed by atoms with Crippen LogP contribution < -0.4 is 10.6 Å². The summed E-state index contributed by atoms with van der Waals surface area (Å²) in [7, 11) is 0. The van der Waals surface area contributed by atoms with Crippen LogP contribution in [0.15, 0.2) is 71.3 Å². The number of aliphatic carboxylic acids is 1. The van der Waals surface area contributed by atoms with Crippen molar-refractivity contribution in [3.8, 4) is 22.6 Å². The van der Waals surface area contributed by atoms with Gasteiger partial charge < -0.3 is 25.3 Å². The van der Waals surface area contributed by atoms with Gasteiger partial charge in [-0.2, -0.15) is 0 Å².